The van der Waals surface area contributed by atoms with Gasteiger partial charge in [0.2, 0.25) is 5.91 Å². The molecule has 0 aromatic carbocycles. The van der Waals surface area contributed by atoms with Crippen LogP contribution in [0.15, 0.2) is 0 Å². The van der Waals surface area contributed by atoms with Gasteiger partial charge >= 0.3 is 6.09 Å². The molecule has 96 valence electrons. The molecule has 1 unspecified atom stereocenters. The number of likely N-dealkylation sites (tertiary alicyclic amines) is 1. The van der Waals surface area contributed by atoms with Crippen LogP contribution in [0.3, 0.4) is 0 Å². The van der Waals surface area contributed by atoms with E-state index in [0.29, 0.717) is 38.6 Å². The smallest absolute Gasteiger partial charge is 0.409 e. The average Bonchev–Trinajstić information content (AvgIpc) is 2.83. The number of carbonyl (C=O) groups is 2. The highest BCUT2D eigenvalue weighted by Crippen LogP contribution is 2.36. The molecule has 2 aliphatic heterocycles. The molecule has 2 rings (SSSR count). The number of carbonyl (C=O) groups excluding carboxylic acids is 2. The van der Waals surface area contributed by atoms with Crippen LogP contribution >= 0.6 is 0 Å². The molecule has 0 aromatic rings. The van der Waals surface area contributed by atoms with Gasteiger partial charge in [-0.25, -0.2) is 4.79 Å². The van der Waals surface area contributed by atoms with Crippen LogP contribution in [0.4, 0.5) is 4.79 Å². The zero-order valence-corrected chi connectivity index (χ0v) is 10.5. The Bertz CT molecular complexity index is 330. The number of nitrogens with zero attached hydrogens (tertiary/aromatic N) is 1. The van der Waals surface area contributed by atoms with Gasteiger partial charge in [-0.05, 0) is 12.3 Å². The normalized spacial score (nSPS) is 27.9. The molecule has 17 heavy (non-hydrogen) atoms. The summed E-state index contributed by atoms with van der Waals surface area (Å²) in [6.45, 7) is 6.52. The summed E-state index contributed by atoms with van der Waals surface area (Å²) in [5, 5.41) is 2.84. The topological polar surface area (TPSA) is 58.6 Å². The second-order valence-electron chi connectivity index (χ2n) is 5.60. The van der Waals surface area contributed by atoms with Crippen molar-refractivity contribution in [3.05, 3.63) is 0 Å². The summed E-state index contributed by atoms with van der Waals surface area (Å²) in [7, 11) is 0. The van der Waals surface area contributed by atoms with Crippen molar-refractivity contribution >= 4 is 12.0 Å². The monoisotopic (exact) mass is 240 g/mol. The zero-order valence-electron chi connectivity index (χ0n) is 10.5. The van der Waals surface area contributed by atoms with Gasteiger partial charge in [-0.2, -0.15) is 0 Å². The molecule has 2 amide bonds. The van der Waals surface area contributed by atoms with E-state index >= 15 is 0 Å². The van der Waals surface area contributed by atoms with Gasteiger partial charge in [0.15, 0.2) is 0 Å². The molecule has 0 saturated carbocycles. The van der Waals surface area contributed by atoms with Gasteiger partial charge in [0.05, 0.1) is 6.61 Å². The van der Waals surface area contributed by atoms with E-state index in [2.05, 4.69) is 5.32 Å². The fourth-order valence-electron chi connectivity index (χ4n) is 2.46. The van der Waals surface area contributed by atoms with E-state index in [-0.39, 0.29) is 17.4 Å². The highest BCUT2D eigenvalue weighted by molar-refractivity contribution is 5.79. The van der Waals surface area contributed by atoms with Crippen LogP contribution in [-0.4, -0.2) is 43.1 Å². The average molecular weight is 240 g/mol. The second-order valence-corrected chi connectivity index (χ2v) is 5.60. The summed E-state index contributed by atoms with van der Waals surface area (Å²) in [6.07, 6.45) is 1.19. The molecule has 0 bridgehead atoms. The van der Waals surface area contributed by atoms with Gasteiger partial charge in [-0.15, -0.1) is 0 Å². The predicted octanol–water partition coefficient (Wildman–Crippen LogP) is 0.991. The fourth-order valence-corrected chi connectivity index (χ4v) is 2.46. The molecule has 5 heteroatoms. The molecule has 2 saturated heterocycles. The van der Waals surface area contributed by atoms with Gasteiger partial charge in [0.25, 0.3) is 0 Å². The Hall–Kier alpha value is -1.26. The molecule has 0 aliphatic carbocycles. The van der Waals surface area contributed by atoms with Gasteiger partial charge in [-0.3, -0.25) is 4.79 Å². The van der Waals surface area contributed by atoms with E-state index in [1.165, 1.54) is 0 Å². The Morgan fingerprint density at radius 1 is 1.59 bits per heavy atom. The molecule has 2 heterocycles. The first-order valence-corrected chi connectivity index (χ1v) is 6.19. The lowest BCUT2D eigenvalue weighted by molar-refractivity contribution is -0.119. The summed E-state index contributed by atoms with van der Waals surface area (Å²) in [5.74, 6) is 0.452. The van der Waals surface area contributed by atoms with Crippen molar-refractivity contribution in [2.45, 2.75) is 26.7 Å². The van der Waals surface area contributed by atoms with Crippen LogP contribution in [0.5, 0.6) is 0 Å². The lowest BCUT2D eigenvalue weighted by Gasteiger charge is -2.21. The quantitative estimate of drug-likeness (QED) is 0.783. The standard InChI is InChI=1S/C12H20N2O3/c1-9(2)6-17-11(16)14-4-3-12(8-14)5-10(15)13-7-12/h9H,3-8H2,1-2H3,(H,13,15). The summed E-state index contributed by atoms with van der Waals surface area (Å²) in [4.78, 5) is 24.7. The van der Waals surface area contributed by atoms with Crippen molar-refractivity contribution in [2.75, 3.05) is 26.2 Å². The minimum Gasteiger partial charge on any atom is -0.449 e. The number of hydrogen-bond donors (Lipinski definition) is 1. The molecule has 1 spiro atoms. The third kappa shape index (κ3) is 2.70. The zero-order chi connectivity index (χ0) is 12.5. The second kappa shape index (κ2) is 4.55. The summed E-state index contributed by atoms with van der Waals surface area (Å²) in [5.41, 5.74) is -0.0338. The van der Waals surface area contributed by atoms with Crippen LogP contribution < -0.4 is 5.32 Å². The van der Waals surface area contributed by atoms with Gasteiger partial charge in [0.1, 0.15) is 0 Å². The van der Waals surface area contributed by atoms with Gasteiger partial charge in [0, 0.05) is 31.5 Å². The van der Waals surface area contributed by atoms with E-state index in [0.717, 1.165) is 6.42 Å². The molecule has 5 nitrogen and oxygen atoms in total. The molecule has 1 atom stereocenters. The molecular weight excluding hydrogens is 220 g/mol. The van der Waals surface area contributed by atoms with Crippen LogP contribution in [0.2, 0.25) is 0 Å². The lowest BCUT2D eigenvalue weighted by Crippen LogP contribution is -2.34. The number of amides is 2. The number of rotatable bonds is 2. The van der Waals surface area contributed by atoms with Gasteiger partial charge < -0.3 is 15.0 Å². The molecule has 2 aliphatic rings. The van der Waals surface area contributed by atoms with Crippen molar-refractivity contribution in [3.8, 4) is 0 Å². The van der Waals surface area contributed by atoms with Crippen molar-refractivity contribution in [1.82, 2.24) is 10.2 Å². The van der Waals surface area contributed by atoms with E-state index in [1.807, 2.05) is 13.8 Å². The minimum absolute atomic E-state index is 0.0338. The summed E-state index contributed by atoms with van der Waals surface area (Å²) < 4.78 is 5.20. The lowest BCUT2D eigenvalue weighted by atomic mass is 9.86. The Morgan fingerprint density at radius 2 is 2.35 bits per heavy atom. The van der Waals surface area contributed by atoms with E-state index < -0.39 is 0 Å². The maximum Gasteiger partial charge on any atom is 0.409 e. The first-order chi connectivity index (χ1) is 8.01. The van der Waals surface area contributed by atoms with Gasteiger partial charge in [-0.1, -0.05) is 13.8 Å². The van der Waals surface area contributed by atoms with E-state index in [9.17, 15) is 9.59 Å². The SMILES string of the molecule is CC(C)COC(=O)N1CCC2(CNC(=O)C2)C1. The molecule has 1 N–H and O–H groups in total. The highest BCUT2D eigenvalue weighted by Gasteiger charge is 2.45. The molecule has 2 fully saturated rings. The van der Waals surface area contributed by atoms with Crippen LogP contribution in [0.1, 0.15) is 26.7 Å². The van der Waals surface area contributed by atoms with E-state index in [4.69, 9.17) is 4.74 Å². The fraction of sp³-hybridized carbons (Fsp3) is 0.833. The van der Waals surface area contributed by atoms with Crippen molar-refractivity contribution < 1.29 is 14.3 Å². The number of nitrogens with one attached hydrogen (secondary N) is 1. The van der Waals surface area contributed by atoms with Crippen molar-refractivity contribution in [2.24, 2.45) is 11.3 Å². The molecule has 0 aromatic heterocycles. The van der Waals surface area contributed by atoms with Crippen molar-refractivity contribution in [1.29, 1.82) is 0 Å². The Labute approximate surface area is 101 Å². The summed E-state index contributed by atoms with van der Waals surface area (Å²) >= 11 is 0. The van der Waals surface area contributed by atoms with Crippen LogP contribution in [-0.2, 0) is 9.53 Å². The minimum atomic E-state index is -0.241. The Morgan fingerprint density at radius 3 is 2.94 bits per heavy atom. The third-order valence-electron chi connectivity index (χ3n) is 3.43. The van der Waals surface area contributed by atoms with Crippen LogP contribution in [0, 0.1) is 11.3 Å². The highest BCUT2D eigenvalue weighted by atomic mass is 16.6. The maximum absolute atomic E-state index is 11.8. The third-order valence-corrected chi connectivity index (χ3v) is 3.43. The molecule has 0 radical (unpaired) electrons. The number of hydrogen-bond acceptors (Lipinski definition) is 3. The molecular formula is C12H20N2O3. The van der Waals surface area contributed by atoms with E-state index in [1.54, 1.807) is 4.90 Å². The van der Waals surface area contributed by atoms with Crippen LogP contribution in [0.25, 0.3) is 0 Å². The predicted molar refractivity (Wildman–Crippen MR) is 62.4 cm³/mol. The summed E-state index contributed by atoms with van der Waals surface area (Å²) in [6, 6.07) is 0. The Kier molecular flexibility index (Phi) is 3.26. The maximum atomic E-state index is 11.8. The Balaban J connectivity index is 1.85. The first-order valence-electron chi connectivity index (χ1n) is 6.19. The van der Waals surface area contributed by atoms with Crippen molar-refractivity contribution in [3.63, 3.8) is 0 Å². The largest absolute Gasteiger partial charge is 0.449 e. The number of ether oxygens (including phenoxy) is 1. The first kappa shape index (κ1) is 12.2.